The normalized spacial score (nSPS) is 13.0. The predicted octanol–water partition coefficient (Wildman–Crippen LogP) is 5.27. The second-order valence-corrected chi connectivity index (χ2v) is 8.31. The Morgan fingerprint density at radius 1 is 0.800 bits per heavy atom. The van der Waals surface area contributed by atoms with E-state index in [2.05, 4.69) is 10.3 Å². The van der Waals surface area contributed by atoms with Crippen LogP contribution in [0.5, 0.6) is 0 Å². The van der Waals surface area contributed by atoms with E-state index < -0.39 is 0 Å². The van der Waals surface area contributed by atoms with Crippen molar-refractivity contribution in [2.24, 2.45) is 0 Å². The molecular formula is C28H19N3O4. The van der Waals surface area contributed by atoms with Crippen LogP contribution in [0.15, 0.2) is 89.3 Å². The Balaban J connectivity index is 1.22. The Hall–Kier alpha value is -4.78. The molecule has 4 aromatic carbocycles. The summed E-state index contributed by atoms with van der Waals surface area (Å²) in [5, 5.41) is 4.89. The summed E-state index contributed by atoms with van der Waals surface area (Å²) >= 11 is 0. The third kappa shape index (κ3) is 3.54. The molecule has 1 aliphatic rings. The Morgan fingerprint density at radius 2 is 1.46 bits per heavy atom. The minimum absolute atomic E-state index is 0.00474. The molecule has 0 fully saturated rings. The molecule has 0 aliphatic carbocycles. The van der Waals surface area contributed by atoms with E-state index >= 15 is 0 Å². The summed E-state index contributed by atoms with van der Waals surface area (Å²) in [6, 6.07) is 25.7. The molecule has 0 spiro atoms. The second kappa shape index (κ2) is 8.22. The third-order valence-electron chi connectivity index (χ3n) is 6.15. The van der Waals surface area contributed by atoms with Gasteiger partial charge in [-0.1, -0.05) is 54.6 Å². The number of benzene rings is 4. The first-order valence-electron chi connectivity index (χ1n) is 11.2. The van der Waals surface area contributed by atoms with Gasteiger partial charge >= 0.3 is 0 Å². The lowest BCUT2D eigenvalue weighted by atomic mass is 10.1. The molecule has 5 aromatic rings. The van der Waals surface area contributed by atoms with Gasteiger partial charge in [0.15, 0.2) is 5.58 Å². The lowest BCUT2D eigenvalue weighted by Gasteiger charge is -2.14. The third-order valence-corrected chi connectivity index (χ3v) is 6.15. The van der Waals surface area contributed by atoms with Crippen molar-refractivity contribution < 1.29 is 18.8 Å². The van der Waals surface area contributed by atoms with Crippen molar-refractivity contribution >= 4 is 45.3 Å². The number of hydrogen-bond acceptors (Lipinski definition) is 5. The molecule has 7 heteroatoms. The molecule has 7 nitrogen and oxygen atoms in total. The SMILES string of the molecule is O=C(CCN1C(=O)c2ccccc2C1=O)Nc1ccccc1-c1nc2ccc3ccccc3c2o1. The number of carbonyl (C=O) groups excluding carboxylic acids is 3. The van der Waals surface area contributed by atoms with Crippen molar-refractivity contribution in [1.29, 1.82) is 0 Å². The van der Waals surface area contributed by atoms with Crippen LogP contribution in [0.1, 0.15) is 27.1 Å². The van der Waals surface area contributed by atoms with E-state index in [0.717, 1.165) is 21.2 Å². The average molecular weight is 461 g/mol. The van der Waals surface area contributed by atoms with Crippen LogP contribution in [0.2, 0.25) is 0 Å². The zero-order valence-corrected chi connectivity index (χ0v) is 18.5. The van der Waals surface area contributed by atoms with Gasteiger partial charge in [-0.15, -0.1) is 0 Å². The largest absolute Gasteiger partial charge is 0.435 e. The van der Waals surface area contributed by atoms with Gasteiger partial charge in [0.1, 0.15) is 5.52 Å². The van der Waals surface area contributed by atoms with Crippen LogP contribution in [0.4, 0.5) is 5.69 Å². The van der Waals surface area contributed by atoms with Gasteiger partial charge in [0, 0.05) is 18.4 Å². The highest BCUT2D eigenvalue weighted by molar-refractivity contribution is 6.21. The molecule has 35 heavy (non-hydrogen) atoms. The summed E-state index contributed by atoms with van der Waals surface area (Å²) in [7, 11) is 0. The predicted molar refractivity (Wildman–Crippen MR) is 132 cm³/mol. The highest BCUT2D eigenvalue weighted by Gasteiger charge is 2.35. The molecule has 170 valence electrons. The summed E-state index contributed by atoms with van der Waals surface area (Å²) in [4.78, 5) is 43.6. The molecular weight excluding hydrogens is 442 g/mol. The molecule has 3 amide bonds. The fourth-order valence-corrected chi connectivity index (χ4v) is 4.42. The molecule has 0 saturated carbocycles. The first-order chi connectivity index (χ1) is 17.1. The van der Waals surface area contributed by atoms with Crippen molar-refractivity contribution in [3.8, 4) is 11.5 Å². The van der Waals surface area contributed by atoms with E-state index in [9.17, 15) is 14.4 Å². The van der Waals surface area contributed by atoms with Gasteiger partial charge in [0.05, 0.1) is 22.4 Å². The van der Waals surface area contributed by atoms with Gasteiger partial charge in [0.25, 0.3) is 11.8 Å². The smallest absolute Gasteiger partial charge is 0.261 e. The van der Waals surface area contributed by atoms with Crippen molar-refractivity contribution in [3.05, 3.63) is 96.1 Å². The minimum Gasteiger partial charge on any atom is -0.435 e. The van der Waals surface area contributed by atoms with E-state index in [4.69, 9.17) is 4.42 Å². The molecule has 1 aromatic heterocycles. The zero-order valence-electron chi connectivity index (χ0n) is 18.5. The molecule has 2 heterocycles. The first kappa shape index (κ1) is 20.8. The number of rotatable bonds is 5. The maximum atomic E-state index is 12.8. The number of fused-ring (bicyclic) bond motifs is 4. The number of amides is 3. The van der Waals surface area contributed by atoms with Crippen LogP contribution >= 0.6 is 0 Å². The Labute approximate surface area is 200 Å². The van der Waals surface area contributed by atoms with Crippen molar-refractivity contribution in [1.82, 2.24) is 9.88 Å². The van der Waals surface area contributed by atoms with Crippen molar-refractivity contribution in [2.75, 3.05) is 11.9 Å². The molecule has 6 rings (SSSR count). The van der Waals surface area contributed by atoms with Gasteiger partial charge in [-0.05, 0) is 35.7 Å². The molecule has 0 atom stereocenters. The number of nitrogens with one attached hydrogen (secondary N) is 1. The average Bonchev–Trinajstić information content (AvgIpc) is 3.43. The van der Waals surface area contributed by atoms with E-state index in [0.29, 0.717) is 33.9 Å². The highest BCUT2D eigenvalue weighted by atomic mass is 16.3. The number of nitrogens with zero attached hydrogens (tertiary/aromatic N) is 2. The summed E-state index contributed by atoms with van der Waals surface area (Å²) in [5.74, 6) is -0.682. The first-order valence-corrected chi connectivity index (χ1v) is 11.2. The Kier molecular flexibility index (Phi) is 4.88. The van der Waals surface area contributed by atoms with Gasteiger partial charge in [-0.3, -0.25) is 19.3 Å². The fraction of sp³-hybridized carbons (Fsp3) is 0.0714. The van der Waals surface area contributed by atoms with Gasteiger partial charge in [-0.2, -0.15) is 0 Å². The maximum Gasteiger partial charge on any atom is 0.261 e. The summed E-state index contributed by atoms with van der Waals surface area (Å²) in [6.45, 7) is -0.00474. The van der Waals surface area contributed by atoms with Crippen LogP contribution in [0.25, 0.3) is 33.3 Å². The van der Waals surface area contributed by atoms with Crippen molar-refractivity contribution in [3.63, 3.8) is 0 Å². The number of oxazole rings is 1. The van der Waals surface area contributed by atoms with E-state index in [-0.39, 0.29) is 30.7 Å². The topological polar surface area (TPSA) is 92.5 Å². The number of anilines is 1. The highest BCUT2D eigenvalue weighted by Crippen LogP contribution is 2.33. The standard InChI is InChI=1S/C28H19N3O4/c32-24(15-16-31-27(33)19-9-3-4-10-20(19)28(31)34)29-22-12-6-5-11-21(22)26-30-23-14-13-17-7-1-2-8-18(17)25(23)35-26/h1-14H,15-16H2,(H,29,32). The minimum atomic E-state index is -0.377. The van der Waals surface area contributed by atoms with E-state index in [1.165, 1.54) is 0 Å². The summed E-state index contributed by atoms with van der Waals surface area (Å²) in [5.41, 5.74) is 3.33. The number of aromatic nitrogens is 1. The van der Waals surface area contributed by atoms with Crippen LogP contribution in [0.3, 0.4) is 0 Å². The fourth-order valence-electron chi connectivity index (χ4n) is 4.42. The molecule has 0 saturated heterocycles. The summed E-state index contributed by atoms with van der Waals surface area (Å²) in [6.07, 6.45) is -0.0298. The monoisotopic (exact) mass is 461 g/mol. The van der Waals surface area contributed by atoms with E-state index in [1.54, 1.807) is 36.4 Å². The Bertz CT molecular complexity index is 1620. The van der Waals surface area contributed by atoms with Crippen LogP contribution in [-0.2, 0) is 4.79 Å². The van der Waals surface area contributed by atoms with Gasteiger partial charge in [0.2, 0.25) is 11.8 Å². The van der Waals surface area contributed by atoms with Gasteiger partial charge in [-0.25, -0.2) is 4.98 Å². The number of para-hydroxylation sites is 1. The second-order valence-electron chi connectivity index (χ2n) is 8.31. The van der Waals surface area contributed by atoms with Crippen LogP contribution < -0.4 is 5.32 Å². The molecule has 1 N–H and O–H groups in total. The molecule has 1 aliphatic heterocycles. The Morgan fingerprint density at radius 3 is 2.23 bits per heavy atom. The molecule has 0 radical (unpaired) electrons. The number of hydrogen-bond donors (Lipinski definition) is 1. The van der Waals surface area contributed by atoms with Crippen molar-refractivity contribution in [2.45, 2.75) is 6.42 Å². The lowest BCUT2D eigenvalue weighted by Crippen LogP contribution is -2.32. The zero-order chi connectivity index (χ0) is 23.9. The summed E-state index contributed by atoms with van der Waals surface area (Å²) < 4.78 is 6.13. The van der Waals surface area contributed by atoms with Crippen LogP contribution in [0, 0.1) is 0 Å². The van der Waals surface area contributed by atoms with E-state index in [1.807, 2.05) is 48.5 Å². The maximum absolute atomic E-state index is 12.8. The quantitative estimate of drug-likeness (QED) is 0.360. The number of carbonyl (C=O) groups is 3. The molecule has 0 unspecified atom stereocenters. The number of imide groups is 1. The van der Waals surface area contributed by atoms with Gasteiger partial charge < -0.3 is 9.73 Å². The van der Waals surface area contributed by atoms with Crippen LogP contribution in [-0.4, -0.2) is 34.2 Å². The molecule has 0 bridgehead atoms. The lowest BCUT2D eigenvalue weighted by molar-refractivity contribution is -0.116.